The van der Waals surface area contributed by atoms with Gasteiger partial charge in [-0.1, -0.05) is 12.1 Å². The van der Waals surface area contributed by atoms with Crippen LogP contribution in [0.4, 0.5) is 0 Å². The molecular formula is C36H46O10. The van der Waals surface area contributed by atoms with E-state index >= 15 is 0 Å². The van der Waals surface area contributed by atoms with Crippen molar-refractivity contribution in [1.29, 1.82) is 0 Å². The Kier molecular flexibility index (Phi) is 17.0. The fraction of sp³-hybridized carbons (Fsp3) is 0.444. The van der Waals surface area contributed by atoms with Crippen molar-refractivity contribution in [1.82, 2.24) is 0 Å². The Balaban J connectivity index is 1.46. The van der Waals surface area contributed by atoms with Crippen LogP contribution in [0.2, 0.25) is 0 Å². The Morgan fingerprint density at radius 1 is 0.435 bits per heavy atom. The zero-order chi connectivity index (χ0) is 33.0. The number of carbonyl (C=O) groups is 2. The lowest BCUT2D eigenvalue weighted by Crippen LogP contribution is -2.12. The summed E-state index contributed by atoms with van der Waals surface area (Å²) in [6.45, 7) is 9.53. The molecule has 0 aliphatic carbocycles. The smallest absolute Gasteiger partial charge is 0.193 e. The highest BCUT2D eigenvalue weighted by Gasteiger charge is 2.19. The number of ether oxygens (including phenoxy) is 8. The first-order valence-corrected chi connectivity index (χ1v) is 15.4. The molecule has 0 aliphatic heterocycles. The molecule has 0 spiro atoms. The van der Waals surface area contributed by atoms with E-state index in [2.05, 4.69) is 0 Å². The topological polar surface area (TPSA) is 108 Å². The Bertz CT molecular complexity index is 1220. The first-order valence-electron chi connectivity index (χ1n) is 15.4. The second-order valence-corrected chi connectivity index (χ2v) is 10.2. The molecule has 0 atom stereocenters. The number of rotatable bonds is 24. The minimum atomic E-state index is -0.118. The average molecular weight is 639 g/mol. The molecule has 0 amide bonds. The van der Waals surface area contributed by atoms with Crippen LogP contribution in [-0.2, 0) is 28.4 Å². The summed E-state index contributed by atoms with van der Waals surface area (Å²) in [5.41, 5.74) is 3.71. The molecule has 0 heterocycles. The number of ketones is 2. The fourth-order valence-corrected chi connectivity index (χ4v) is 4.39. The second-order valence-electron chi connectivity index (χ2n) is 10.2. The molecule has 10 nitrogen and oxygen atoms in total. The molecule has 250 valence electrons. The summed E-state index contributed by atoms with van der Waals surface area (Å²) >= 11 is 0. The van der Waals surface area contributed by atoms with Crippen molar-refractivity contribution in [2.24, 2.45) is 0 Å². The number of carbonyl (C=O) groups excluding carboxylic acids is 2. The molecule has 0 saturated heterocycles. The van der Waals surface area contributed by atoms with Gasteiger partial charge in [0.05, 0.1) is 66.1 Å². The van der Waals surface area contributed by atoms with E-state index in [-0.39, 0.29) is 11.6 Å². The Labute approximate surface area is 271 Å². The van der Waals surface area contributed by atoms with Crippen molar-refractivity contribution in [2.75, 3.05) is 93.5 Å². The maximum absolute atomic E-state index is 13.3. The molecule has 0 radical (unpaired) electrons. The van der Waals surface area contributed by atoms with Crippen molar-refractivity contribution in [2.45, 2.75) is 13.8 Å². The molecule has 3 rings (SSSR count). The molecule has 3 aromatic rings. The Morgan fingerprint density at radius 2 is 0.739 bits per heavy atom. The van der Waals surface area contributed by atoms with Crippen molar-refractivity contribution in [3.8, 4) is 11.5 Å². The third-order valence-electron chi connectivity index (χ3n) is 7.11. The van der Waals surface area contributed by atoms with Crippen LogP contribution >= 0.6 is 0 Å². The van der Waals surface area contributed by atoms with Gasteiger partial charge in [0.25, 0.3) is 0 Å². The van der Waals surface area contributed by atoms with E-state index in [0.29, 0.717) is 113 Å². The lowest BCUT2D eigenvalue weighted by molar-refractivity contribution is 0.0180. The first-order chi connectivity index (χ1) is 22.5. The van der Waals surface area contributed by atoms with Gasteiger partial charge in [0.2, 0.25) is 0 Å². The van der Waals surface area contributed by atoms with Crippen LogP contribution in [-0.4, -0.2) is 105 Å². The molecule has 0 N–H and O–H groups in total. The van der Waals surface area contributed by atoms with Crippen LogP contribution in [0.3, 0.4) is 0 Å². The monoisotopic (exact) mass is 638 g/mol. The van der Waals surface area contributed by atoms with Gasteiger partial charge in [-0.3, -0.25) is 9.59 Å². The second kappa shape index (κ2) is 21.2. The lowest BCUT2D eigenvalue weighted by Gasteiger charge is -2.13. The normalized spacial score (nSPS) is 11.0. The molecule has 0 aliphatic rings. The van der Waals surface area contributed by atoms with E-state index in [1.165, 1.54) is 0 Å². The van der Waals surface area contributed by atoms with Crippen LogP contribution in [0.5, 0.6) is 11.5 Å². The number of hydrogen-bond acceptors (Lipinski definition) is 10. The fourth-order valence-electron chi connectivity index (χ4n) is 4.39. The van der Waals surface area contributed by atoms with Crippen LogP contribution in [0, 0.1) is 13.8 Å². The van der Waals surface area contributed by atoms with Crippen LogP contribution in [0.15, 0.2) is 60.7 Å². The lowest BCUT2D eigenvalue weighted by atomic mass is 9.90. The maximum Gasteiger partial charge on any atom is 0.193 e. The molecule has 0 aromatic heterocycles. The first kappa shape index (κ1) is 36.8. The minimum absolute atomic E-state index is 0.118. The van der Waals surface area contributed by atoms with Gasteiger partial charge < -0.3 is 37.9 Å². The van der Waals surface area contributed by atoms with Crippen molar-refractivity contribution >= 4 is 11.6 Å². The number of methoxy groups -OCH3 is 2. The predicted octanol–water partition coefficient (Wildman–Crippen LogP) is 4.88. The highest BCUT2D eigenvalue weighted by Crippen LogP contribution is 2.25. The van der Waals surface area contributed by atoms with Crippen molar-refractivity contribution in [3.05, 3.63) is 94.0 Å². The molecule has 10 heteroatoms. The van der Waals surface area contributed by atoms with Crippen molar-refractivity contribution in [3.63, 3.8) is 0 Å². The van der Waals surface area contributed by atoms with Crippen molar-refractivity contribution < 1.29 is 47.5 Å². The minimum Gasteiger partial charge on any atom is -0.491 e. The molecule has 3 aromatic carbocycles. The Hall–Kier alpha value is -3.64. The SMILES string of the molecule is COCCOCCOCCOc1ccc(C(=O)c2ccc(C(=O)c3ccc(OCCOCCOCCOC)cc3)c(C)c2C)cc1. The van der Waals surface area contributed by atoms with Crippen LogP contribution in [0.1, 0.15) is 43.0 Å². The zero-order valence-corrected chi connectivity index (χ0v) is 27.3. The van der Waals surface area contributed by atoms with Gasteiger partial charge in [-0.05, 0) is 73.5 Å². The van der Waals surface area contributed by atoms with Gasteiger partial charge in [0.15, 0.2) is 11.6 Å². The van der Waals surface area contributed by atoms with Gasteiger partial charge in [-0.2, -0.15) is 0 Å². The van der Waals surface area contributed by atoms with Gasteiger partial charge in [-0.25, -0.2) is 0 Å². The molecule has 0 bridgehead atoms. The summed E-state index contributed by atoms with van der Waals surface area (Å²) in [6, 6.07) is 17.5. The summed E-state index contributed by atoms with van der Waals surface area (Å²) in [5.74, 6) is 1.06. The average Bonchev–Trinajstić information content (AvgIpc) is 3.08. The van der Waals surface area contributed by atoms with E-state index in [0.717, 1.165) is 11.1 Å². The van der Waals surface area contributed by atoms with Gasteiger partial charge in [-0.15, -0.1) is 0 Å². The van der Waals surface area contributed by atoms with E-state index < -0.39 is 0 Å². The molecule has 46 heavy (non-hydrogen) atoms. The maximum atomic E-state index is 13.3. The number of benzene rings is 3. The predicted molar refractivity (Wildman–Crippen MR) is 174 cm³/mol. The summed E-state index contributed by atoms with van der Waals surface area (Å²) < 4.78 is 42.9. The molecule has 0 fully saturated rings. The van der Waals surface area contributed by atoms with E-state index in [9.17, 15) is 9.59 Å². The zero-order valence-electron chi connectivity index (χ0n) is 27.3. The highest BCUT2D eigenvalue weighted by molar-refractivity contribution is 6.13. The summed E-state index contributed by atoms with van der Waals surface area (Å²) in [7, 11) is 3.26. The summed E-state index contributed by atoms with van der Waals surface area (Å²) in [5, 5.41) is 0. The van der Waals surface area contributed by atoms with Crippen LogP contribution in [0.25, 0.3) is 0 Å². The molecular weight excluding hydrogens is 592 g/mol. The summed E-state index contributed by atoms with van der Waals surface area (Å²) in [6.07, 6.45) is 0. The highest BCUT2D eigenvalue weighted by atomic mass is 16.6. The van der Waals surface area contributed by atoms with Gasteiger partial charge >= 0.3 is 0 Å². The standard InChI is InChI=1S/C36H46O10/c1-27-28(2)34(36(38)30-7-11-32(12-8-30)46-26-24-44-22-20-42-18-16-40-4)14-13-33(27)35(37)29-5-9-31(10-6-29)45-25-23-43-21-19-41-17-15-39-3/h5-14H,15-26H2,1-4H3. The number of hydrogen-bond donors (Lipinski definition) is 0. The van der Waals surface area contributed by atoms with E-state index in [1.54, 1.807) is 74.9 Å². The largest absolute Gasteiger partial charge is 0.491 e. The molecule has 0 unspecified atom stereocenters. The van der Waals surface area contributed by atoms with E-state index in [4.69, 9.17) is 37.9 Å². The summed E-state index contributed by atoms with van der Waals surface area (Å²) in [4.78, 5) is 26.7. The quantitative estimate of drug-likeness (QED) is 0.0995. The van der Waals surface area contributed by atoms with Gasteiger partial charge in [0.1, 0.15) is 24.7 Å². The van der Waals surface area contributed by atoms with E-state index in [1.807, 2.05) is 13.8 Å². The Morgan fingerprint density at radius 3 is 1.07 bits per heavy atom. The van der Waals surface area contributed by atoms with Crippen LogP contribution < -0.4 is 9.47 Å². The third kappa shape index (κ3) is 12.3. The third-order valence-corrected chi connectivity index (χ3v) is 7.11. The molecule has 0 saturated carbocycles. The van der Waals surface area contributed by atoms with Gasteiger partial charge in [0, 0.05) is 36.5 Å².